The molecule has 0 aromatic heterocycles. The maximum absolute atomic E-state index is 11.6. The quantitative estimate of drug-likeness (QED) is 0.739. The molecule has 0 spiro atoms. The van der Waals surface area contributed by atoms with Crippen LogP contribution in [0.2, 0.25) is 0 Å². The number of nitrogens with one attached hydrogen (secondary N) is 1. The Morgan fingerprint density at radius 2 is 1.50 bits per heavy atom. The number of nitrogens with zero attached hydrogens (tertiary/aromatic N) is 1. The van der Waals surface area contributed by atoms with Crippen LogP contribution in [0.15, 0.2) is 0 Å². The van der Waals surface area contributed by atoms with Crippen LogP contribution in [-0.2, 0) is 4.79 Å². The van der Waals surface area contributed by atoms with Crippen LogP contribution in [0.1, 0.15) is 91.4 Å². The van der Waals surface area contributed by atoms with Gasteiger partial charge in [-0.3, -0.25) is 4.79 Å². The number of hydrogen-bond donors (Lipinski definition) is 1. The predicted octanol–water partition coefficient (Wildman–Crippen LogP) is 5.25. The molecule has 3 aliphatic rings. The minimum Gasteiger partial charge on any atom is -0.343 e. The van der Waals surface area contributed by atoms with Gasteiger partial charge in [0.1, 0.15) is 0 Å². The monoisotopic (exact) mass is 364 g/mol. The van der Waals surface area contributed by atoms with Crippen molar-refractivity contribution >= 4 is 5.91 Å². The lowest BCUT2D eigenvalue weighted by molar-refractivity contribution is -0.132. The highest BCUT2D eigenvalue weighted by Gasteiger charge is 2.24. The molecular weight excluding hydrogens is 320 g/mol. The first-order valence-corrected chi connectivity index (χ1v) is 11.6. The molecule has 1 N–H and O–H groups in total. The summed E-state index contributed by atoms with van der Waals surface area (Å²) in [5.74, 6) is 4.14. The number of carbonyl (C=O) groups excluding carboxylic acids is 1. The van der Waals surface area contributed by atoms with Crippen molar-refractivity contribution in [1.82, 2.24) is 10.2 Å². The molecule has 26 heavy (non-hydrogen) atoms. The van der Waals surface area contributed by atoms with Gasteiger partial charge in [-0.25, -0.2) is 0 Å². The zero-order chi connectivity index (χ0) is 18.8. The Bertz CT molecular complexity index is 376. The van der Waals surface area contributed by atoms with Crippen molar-refractivity contribution < 1.29 is 4.79 Å². The average Bonchev–Trinajstić information content (AvgIpc) is 2.70. The number of carbonyl (C=O) groups is 1. The Labute approximate surface area is 162 Å². The van der Waals surface area contributed by atoms with Crippen molar-refractivity contribution in [1.29, 1.82) is 0 Å². The molecule has 0 aromatic carbocycles. The summed E-state index contributed by atoms with van der Waals surface area (Å²) < 4.78 is 0. The van der Waals surface area contributed by atoms with E-state index in [1.807, 2.05) is 6.92 Å². The summed E-state index contributed by atoms with van der Waals surface area (Å²) in [5.41, 5.74) is 0. The number of hydrogen-bond acceptors (Lipinski definition) is 2. The molecule has 3 rings (SSSR count). The van der Waals surface area contributed by atoms with E-state index >= 15 is 0 Å². The summed E-state index contributed by atoms with van der Waals surface area (Å²) in [6, 6.07) is 0. The van der Waals surface area contributed by atoms with E-state index in [9.17, 15) is 4.79 Å². The smallest absolute Gasteiger partial charge is 0.222 e. The molecule has 3 fully saturated rings. The highest BCUT2D eigenvalue weighted by Crippen LogP contribution is 2.32. The fraction of sp³-hybridized carbons (Fsp3) is 0.957. The normalized spacial score (nSPS) is 23.6. The number of rotatable bonds is 4. The zero-order valence-corrected chi connectivity index (χ0v) is 17.8. The van der Waals surface area contributed by atoms with Crippen LogP contribution in [-0.4, -0.2) is 37.0 Å². The number of likely N-dealkylation sites (tertiary alicyclic amines) is 1. The molecule has 0 atom stereocenters. The lowest BCUT2D eigenvalue weighted by Crippen LogP contribution is -2.38. The highest BCUT2D eigenvalue weighted by molar-refractivity contribution is 5.75. The summed E-state index contributed by atoms with van der Waals surface area (Å²) in [7, 11) is 0. The van der Waals surface area contributed by atoms with Crippen molar-refractivity contribution in [2.45, 2.75) is 91.4 Å². The van der Waals surface area contributed by atoms with E-state index in [-0.39, 0.29) is 0 Å². The third kappa shape index (κ3) is 7.58. The Kier molecular flexibility index (Phi) is 10.0. The fourth-order valence-electron chi connectivity index (χ4n) is 5.05. The van der Waals surface area contributed by atoms with Crippen LogP contribution in [0, 0.1) is 23.7 Å². The number of piperidine rings is 2. The molecule has 1 saturated carbocycles. The first kappa shape index (κ1) is 21.7. The third-order valence-electron chi connectivity index (χ3n) is 6.99. The van der Waals surface area contributed by atoms with E-state index in [1.165, 1.54) is 77.3 Å². The van der Waals surface area contributed by atoms with E-state index in [0.29, 0.717) is 12.3 Å². The van der Waals surface area contributed by atoms with Crippen molar-refractivity contribution in [3.8, 4) is 0 Å². The van der Waals surface area contributed by atoms with Gasteiger partial charge in [0, 0.05) is 19.5 Å². The second-order valence-corrected chi connectivity index (χ2v) is 9.25. The molecule has 2 saturated heterocycles. The van der Waals surface area contributed by atoms with Crippen LogP contribution in [0.25, 0.3) is 0 Å². The molecule has 0 unspecified atom stereocenters. The van der Waals surface area contributed by atoms with Crippen LogP contribution in [0.4, 0.5) is 0 Å². The summed E-state index contributed by atoms with van der Waals surface area (Å²) in [6.07, 6.45) is 14.7. The van der Waals surface area contributed by atoms with Crippen LogP contribution >= 0.6 is 0 Å². The third-order valence-corrected chi connectivity index (χ3v) is 6.99. The first-order chi connectivity index (χ1) is 12.6. The fourth-order valence-corrected chi connectivity index (χ4v) is 5.05. The molecule has 0 radical (unpaired) electrons. The minimum atomic E-state index is 0.348. The van der Waals surface area contributed by atoms with Gasteiger partial charge in [-0.1, -0.05) is 52.9 Å². The summed E-state index contributed by atoms with van der Waals surface area (Å²) in [4.78, 5) is 13.7. The van der Waals surface area contributed by atoms with E-state index in [0.717, 1.165) is 36.8 Å². The Morgan fingerprint density at radius 1 is 0.923 bits per heavy atom. The SMILES string of the molecule is CC(C)C1CCNCC1.CCC(=O)N1CCC(CC2CCCCC2)CC1. The van der Waals surface area contributed by atoms with Gasteiger partial charge in [-0.15, -0.1) is 0 Å². The summed E-state index contributed by atoms with van der Waals surface area (Å²) in [6.45, 7) is 11.1. The lowest BCUT2D eigenvalue weighted by Gasteiger charge is -2.34. The van der Waals surface area contributed by atoms with Crippen molar-refractivity contribution in [2.24, 2.45) is 23.7 Å². The van der Waals surface area contributed by atoms with E-state index < -0.39 is 0 Å². The molecular formula is C23H44N2O. The maximum Gasteiger partial charge on any atom is 0.222 e. The Morgan fingerprint density at radius 3 is 2.00 bits per heavy atom. The summed E-state index contributed by atoms with van der Waals surface area (Å²) >= 11 is 0. The van der Waals surface area contributed by atoms with Gasteiger partial charge in [-0.05, 0) is 68.9 Å². The Balaban J connectivity index is 0.000000228. The molecule has 3 heteroatoms. The molecule has 1 amide bonds. The molecule has 2 heterocycles. The molecule has 2 aliphatic heterocycles. The van der Waals surface area contributed by atoms with Gasteiger partial charge >= 0.3 is 0 Å². The predicted molar refractivity (Wildman–Crippen MR) is 111 cm³/mol. The summed E-state index contributed by atoms with van der Waals surface area (Å²) in [5, 5.41) is 3.37. The second kappa shape index (κ2) is 12.0. The maximum atomic E-state index is 11.6. The molecule has 152 valence electrons. The molecule has 0 bridgehead atoms. The van der Waals surface area contributed by atoms with Gasteiger partial charge < -0.3 is 10.2 Å². The van der Waals surface area contributed by atoms with Gasteiger partial charge in [0.05, 0.1) is 0 Å². The number of amides is 1. The van der Waals surface area contributed by atoms with E-state index in [1.54, 1.807) is 0 Å². The van der Waals surface area contributed by atoms with Gasteiger partial charge in [0.25, 0.3) is 0 Å². The minimum absolute atomic E-state index is 0.348. The van der Waals surface area contributed by atoms with Crippen LogP contribution in [0.5, 0.6) is 0 Å². The largest absolute Gasteiger partial charge is 0.343 e. The van der Waals surface area contributed by atoms with Crippen molar-refractivity contribution in [3.63, 3.8) is 0 Å². The van der Waals surface area contributed by atoms with Gasteiger partial charge in [-0.2, -0.15) is 0 Å². The Hall–Kier alpha value is -0.570. The van der Waals surface area contributed by atoms with Gasteiger partial charge in [0.15, 0.2) is 0 Å². The molecule has 0 aromatic rings. The highest BCUT2D eigenvalue weighted by atomic mass is 16.2. The lowest BCUT2D eigenvalue weighted by atomic mass is 9.80. The van der Waals surface area contributed by atoms with Crippen molar-refractivity contribution in [3.05, 3.63) is 0 Å². The average molecular weight is 365 g/mol. The van der Waals surface area contributed by atoms with E-state index in [2.05, 4.69) is 24.1 Å². The standard InChI is InChI=1S/C15H27NO.C8H17N/c1-2-15(17)16-10-8-14(9-11-16)12-13-6-4-3-5-7-13;1-7(2)8-3-5-9-6-4-8/h13-14H,2-12H2,1H3;7-9H,3-6H2,1-2H3. The first-order valence-electron chi connectivity index (χ1n) is 11.6. The molecule has 3 nitrogen and oxygen atoms in total. The topological polar surface area (TPSA) is 32.3 Å². The molecule has 1 aliphatic carbocycles. The van der Waals surface area contributed by atoms with Gasteiger partial charge in [0.2, 0.25) is 5.91 Å². The van der Waals surface area contributed by atoms with E-state index in [4.69, 9.17) is 0 Å². The zero-order valence-electron chi connectivity index (χ0n) is 17.8. The van der Waals surface area contributed by atoms with Crippen LogP contribution in [0.3, 0.4) is 0 Å². The van der Waals surface area contributed by atoms with Crippen molar-refractivity contribution in [2.75, 3.05) is 26.2 Å². The second-order valence-electron chi connectivity index (χ2n) is 9.25. The van der Waals surface area contributed by atoms with Crippen LogP contribution < -0.4 is 5.32 Å².